The number of rotatable bonds is 4. The van der Waals surface area contributed by atoms with Gasteiger partial charge in [0.2, 0.25) is 0 Å². The second kappa shape index (κ2) is 5.89. The van der Waals surface area contributed by atoms with E-state index in [4.69, 9.17) is 22.5 Å². The fraction of sp³-hybridized carbons (Fsp3) is 0.400. The van der Waals surface area contributed by atoms with Gasteiger partial charge in [0.1, 0.15) is 12.4 Å². The molecule has 0 aliphatic carbocycles. The summed E-state index contributed by atoms with van der Waals surface area (Å²) in [5.41, 5.74) is 0.802. The predicted molar refractivity (Wildman–Crippen MR) is 68.2 cm³/mol. The molecule has 0 unspecified atom stereocenters. The SMILES string of the molecule is CCN(CC)c1cc(F)ccc1P(Cl)Cl. The van der Waals surface area contributed by atoms with Crippen molar-refractivity contribution in [2.24, 2.45) is 0 Å². The van der Waals surface area contributed by atoms with Crippen molar-refractivity contribution in [3.8, 4) is 0 Å². The summed E-state index contributed by atoms with van der Waals surface area (Å²) in [5.74, 6) is -0.258. The molecule has 1 nitrogen and oxygen atoms in total. The van der Waals surface area contributed by atoms with Crippen LogP contribution in [0.2, 0.25) is 0 Å². The molecule has 0 aliphatic heterocycles. The van der Waals surface area contributed by atoms with Gasteiger partial charge in [0, 0.05) is 24.1 Å². The zero-order chi connectivity index (χ0) is 11.4. The number of nitrogens with zero attached hydrogens (tertiary/aromatic N) is 1. The van der Waals surface area contributed by atoms with Crippen molar-refractivity contribution < 1.29 is 4.39 Å². The highest BCUT2D eigenvalue weighted by Gasteiger charge is 2.14. The van der Waals surface area contributed by atoms with Crippen LogP contribution in [0.3, 0.4) is 0 Å². The zero-order valence-electron chi connectivity index (χ0n) is 8.67. The minimum absolute atomic E-state index is 0.258. The molecule has 0 atom stereocenters. The largest absolute Gasteiger partial charge is 0.371 e. The van der Waals surface area contributed by atoms with Gasteiger partial charge in [0.05, 0.1) is 0 Å². The van der Waals surface area contributed by atoms with E-state index < -0.39 is 6.63 Å². The molecule has 84 valence electrons. The molecule has 1 aromatic rings. The molecule has 0 aliphatic rings. The second-order valence-electron chi connectivity index (χ2n) is 3.04. The normalized spacial score (nSPS) is 10.8. The molecule has 0 amide bonds. The fourth-order valence-corrected chi connectivity index (χ4v) is 2.88. The van der Waals surface area contributed by atoms with Crippen LogP contribution >= 0.6 is 29.1 Å². The quantitative estimate of drug-likeness (QED) is 0.743. The van der Waals surface area contributed by atoms with Gasteiger partial charge in [-0.25, -0.2) is 4.39 Å². The Morgan fingerprint density at radius 2 is 1.87 bits per heavy atom. The third-order valence-corrected chi connectivity index (χ3v) is 4.06. The van der Waals surface area contributed by atoms with Gasteiger partial charge in [0.15, 0.2) is 0 Å². The van der Waals surface area contributed by atoms with E-state index in [1.807, 2.05) is 18.7 Å². The van der Waals surface area contributed by atoms with Crippen molar-refractivity contribution in [3.63, 3.8) is 0 Å². The van der Waals surface area contributed by atoms with Gasteiger partial charge in [-0.05, 0) is 32.0 Å². The molecule has 0 fully saturated rings. The highest BCUT2D eigenvalue weighted by molar-refractivity contribution is 8.09. The van der Waals surface area contributed by atoms with Crippen LogP contribution in [-0.4, -0.2) is 13.1 Å². The highest BCUT2D eigenvalue weighted by Crippen LogP contribution is 2.47. The van der Waals surface area contributed by atoms with E-state index >= 15 is 0 Å². The van der Waals surface area contributed by atoms with E-state index in [2.05, 4.69) is 0 Å². The highest BCUT2D eigenvalue weighted by atomic mass is 35.9. The molecular weight excluding hydrogens is 255 g/mol. The van der Waals surface area contributed by atoms with Crippen molar-refractivity contribution in [1.29, 1.82) is 0 Å². The Balaban J connectivity index is 3.16. The number of anilines is 1. The van der Waals surface area contributed by atoms with E-state index in [0.29, 0.717) is 0 Å². The van der Waals surface area contributed by atoms with Crippen LogP contribution in [0.4, 0.5) is 10.1 Å². The van der Waals surface area contributed by atoms with Gasteiger partial charge in [-0.3, -0.25) is 0 Å². The van der Waals surface area contributed by atoms with Crippen molar-refractivity contribution in [2.45, 2.75) is 13.8 Å². The smallest absolute Gasteiger partial charge is 0.125 e. The molecule has 0 heterocycles. The number of benzene rings is 1. The molecular formula is C10H13Cl2FNP. The third kappa shape index (κ3) is 3.21. The van der Waals surface area contributed by atoms with Gasteiger partial charge in [-0.2, -0.15) is 0 Å². The Kier molecular flexibility index (Phi) is 5.11. The van der Waals surface area contributed by atoms with Crippen LogP contribution in [0, 0.1) is 5.82 Å². The predicted octanol–water partition coefficient (Wildman–Crippen LogP) is 4.09. The van der Waals surface area contributed by atoms with E-state index in [9.17, 15) is 4.39 Å². The van der Waals surface area contributed by atoms with Crippen LogP contribution in [0.15, 0.2) is 18.2 Å². The van der Waals surface area contributed by atoms with E-state index in [1.165, 1.54) is 12.1 Å². The average molecular weight is 268 g/mol. The van der Waals surface area contributed by atoms with E-state index in [1.54, 1.807) is 6.07 Å². The molecule has 5 heteroatoms. The zero-order valence-corrected chi connectivity index (χ0v) is 11.1. The maximum absolute atomic E-state index is 13.1. The van der Waals surface area contributed by atoms with Gasteiger partial charge < -0.3 is 4.90 Å². The van der Waals surface area contributed by atoms with E-state index in [0.717, 1.165) is 24.1 Å². The first-order chi connectivity index (χ1) is 7.10. The Morgan fingerprint density at radius 3 is 2.33 bits per heavy atom. The second-order valence-corrected chi connectivity index (χ2v) is 6.53. The van der Waals surface area contributed by atoms with Crippen LogP contribution < -0.4 is 10.2 Å². The standard InChI is InChI=1S/C10H13Cl2FNP/c1-3-14(4-2)9-7-8(13)5-6-10(9)15(11)12/h5-7H,3-4H2,1-2H3. The lowest BCUT2D eigenvalue weighted by Crippen LogP contribution is -2.26. The lowest BCUT2D eigenvalue weighted by atomic mass is 10.2. The maximum Gasteiger partial charge on any atom is 0.125 e. The van der Waals surface area contributed by atoms with Gasteiger partial charge >= 0.3 is 0 Å². The van der Waals surface area contributed by atoms with Crippen molar-refractivity contribution in [1.82, 2.24) is 0 Å². The summed E-state index contributed by atoms with van der Waals surface area (Å²) < 4.78 is 13.1. The molecule has 0 N–H and O–H groups in total. The lowest BCUT2D eigenvalue weighted by Gasteiger charge is -2.24. The maximum atomic E-state index is 13.1. The first-order valence-electron chi connectivity index (χ1n) is 4.76. The Morgan fingerprint density at radius 1 is 1.27 bits per heavy atom. The van der Waals surface area contributed by atoms with Crippen molar-refractivity contribution in [2.75, 3.05) is 18.0 Å². The Hall–Kier alpha value is -0.0400. The average Bonchev–Trinajstić information content (AvgIpc) is 2.19. The Bertz CT molecular complexity index is 329. The topological polar surface area (TPSA) is 3.24 Å². The molecule has 0 spiro atoms. The van der Waals surface area contributed by atoms with Crippen molar-refractivity contribution in [3.05, 3.63) is 24.0 Å². The molecule has 1 aromatic carbocycles. The minimum atomic E-state index is -1.24. The lowest BCUT2D eigenvalue weighted by molar-refractivity contribution is 0.627. The first-order valence-corrected chi connectivity index (χ1v) is 7.91. The summed E-state index contributed by atoms with van der Waals surface area (Å²) in [6, 6.07) is 4.54. The summed E-state index contributed by atoms with van der Waals surface area (Å²) in [6.45, 7) is 4.42. The summed E-state index contributed by atoms with van der Waals surface area (Å²) >= 11 is 11.8. The Labute approximate surface area is 101 Å². The number of hydrogen-bond donors (Lipinski definition) is 0. The van der Waals surface area contributed by atoms with Gasteiger partial charge in [0.25, 0.3) is 0 Å². The summed E-state index contributed by atoms with van der Waals surface area (Å²) in [4.78, 5) is 2.04. The molecule has 0 saturated carbocycles. The monoisotopic (exact) mass is 267 g/mol. The van der Waals surface area contributed by atoms with Gasteiger partial charge in [-0.1, -0.05) is 22.5 Å². The molecule has 1 rings (SSSR count). The summed E-state index contributed by atoms with van der Waals surface area (Å²) in [7, 11) is 0. The summed E-state index contributed by atoms with van der Waals surface area (Å²) in [5, 5.41) is 0.818. The van der Waals surface area contributed by atoms with E-state index in [-0.39, 0.29) is 5.82 Å². The minimum Gasteiger partial charge on any atom is -0.371 e. The third-order valence-electron chi connectivity index (χ3n) is 2.22. The van der Waals surface area contributed by atoms with Crippen LogP contribution in [0.1, 0.15) is 13.8 Å². The number of hydrogen-bond acceptors (Lipinski definition) is 1. The molecule has 0 radical (unpaired) electrons. The first kappa shape index (κ1) is 13.0. The molecule has 15 heavy (non-hydrogen) atoms. The molecule has 0 bridgehead atoms. The summed E-state index contributed by atoms with van der Waals surface area (Å²) in [6.07, 6.45) is 0. The van der Waals surface area contributed by atoms with Crippen molar-refractivity contribution >= 4 is 40.1 Å². The van der Waals surface area contributed by atoms with Crippen LogP contribution in [0.5, 0.6) is 0 Å². The molecule has 0 aromatic heterocycles. The molecule has 0 saturated heterocycles. The van der Waals surface area contributed by atoms with Crippen LogP contribution in [0.25, 0.3) is 0 Å². The van der Waals surface area contributed by atoms with Crippen LogP contribution in [-0.2, 0) is 0 Å². The number of halogens is 3. The van der Waals surface area contributed by atoms with Gasteiger partial charge in [-0.15, -0.1) is 0 Å². The fourth-order valence-electron chi connectivity index (χ4n) is 1.46.